The Morgan fingerprint density at radius 1 is 1.08 bits per heavy atom. The Morgan fingerprint density at radius 2 is 1.77 bits per heavy atom. The fourth-order valence-corrected chi connectivity index (χ4v) is 2.82. The maximum absolute atomic E-state index is 12.0. The lowest BCUT2D eigenvalue weighted by Gasteiger charge is -2.22. The van der Waals surface area contributed by atoms with Gasteiger partial charge < -0.3 is 10.6 Å². The molecule has 3 N–H and O–H groups in total. The molecule has 0 unspecified atom stereocenters. The van der Waals surface area contributed by atoms with Crippen LogP contribution in [0.25, 0.3) is 0 Å². The predicted molar refractivity (Wildman–Crippen MR) is 97.6 cm³/mol. The molecule has 0 radical (unpaired) electrons. The molecule has 0 heterocycles. The van der Waals surface area contributed by atoms with Gasteiger partial charge in [-0.15, -0.1) is 0 Å². The molecule has 0 spiro atoms. The van der Waals surface area contributed by atoms with Gasteiger partial charge in [-0.1, -0.05) is 12.1 Å². The molecule has 7 nitrogen and oxygen atoms in total. The molecule has 0 saturated heterocycles. The molecule has 1 aromatic carbocycles. The van der Waals surface area contributed by atoms with Crippen LogP contribution in [0.15, 0.2) is 24.3 Å². The molecule has 7 heteroatoms. The first-order valence-corrected chi connectivity index (χ1v) is 9.20. The maximum Gasteiger partial charge on any atom is 0.321 e. The largest absolute Gasteiger partial charge is 0.349 e. The van der Waals surface area contributed by atoms with Crippen LogP contribution in [0.2, 0.25) is 0 Å². The molecule has 0 aliphatic heterocycles. The van der Waals surface area contributed by atoms with E-state index in [9.17, 15) is 14.4 Å². The molecule has 2 aliphatic carbocycles. The molecule has 0 bridgehead atoms. The quantitative estimate of drug-likeness (QED) is 0.655. The van der Waals surface area contributed by atoms with Crippen molar-refractivity contribution in [2.75, 3.05) is 13.6 Å². The van der Waals surface area contributed by atoms with E-state index in [-0.39, 0.29) is 18.2 Å². The van der Waals surface area contributed by atoms with Gasteiger partial charge >= 0.3 is 6.03 Å². The van der Waals surface area contributed by atoms with E-state index in [0.717, 1.165) is 37.8 Å². The Labute approximate surface area is 153 Å². The normalized spacial score (nSPS) is 16.2. The molecule has 2 aliphatic rings. The average Bonchev–Trinajstić information content (AvgIpc) is 3.53. The Kier molecular flexibility index (Phi) is 5.88. The van der Waals surface area contributed by atoms with Crippen molar-refractivity contribution < 1.29 is 14.4 Å². The van der Waals surface area contributed by atoms with Crippen LogP contribution in [0.4, 0.5) is 4.79 Å². The van der Waals surface area contributed by atoms with Crippen LogP contribution in [-0.4, -0.2) is 48.4 Å². The van der Waals surface area contributed by atoms with Crippen molar-refractivity contribution in [3.63, 3.8) is 0 Å². The molecule has 1 aromatic rings. The molecule has 26 heavy (non-hydrogen) atoms. The van der Waals surface area contributed by atoms with Gasteiger partial charge in [-0.05, 0) is 43.4 Å². The number of nitrogens with one attached hydrogen (secondary N) is 3. The van der Waals surface area contributed by atoms with Crippen LogP contribution in [-0.2, 0) is 11.3 Å². The predicted octanol–water partition coefficient (Wildman–Crippen LogP) is 1.39. The molecule has 0 atom stereocenters. The molecule has 3 rings (SSSR count). The second-order valence-corrected chi connectivity index (χ2v) is 7.02. The number of urea groups is 1. The van der Waals surface area contributed by atoms with E-state index >= 15 is 0 Å². The molecular formula is C19H26N4O3. The van der Waals surface area contributed by atoms with Gasteiger partial charge in [-0.2, -0.15) is 0 Å². The SMILES string of the molecule is CNC(=O)NC(=O)CCN(Cc1ccc(C(=O)NC2CC2)cc1)C1CC1. The summed E-state index contributed by atoms with van der Waals surface area (Å²) in [5.74, 6) is -0.286. The van der Waals surface area contributed by atoms with E-state index in [1.807, 2.05) is 24.3 Å². The lowest BCUT2D eigenvalue weighted by Crippen LogP contribution is -2.39. The second kappa shape index (κ2) is 8.31. The number of amides is 4. The molecular weight excluding hydrogens is 332 g/mol. The van der Waals surface area contributed by atoms with Crippen LogP contribution in [0.5, 0.6) is 0 Å². The Morgan fingerprint density at radius 3 is 2.35 bits per heavy atom. The molecule has 0 aromatic heterocycles. The van der Waals surface area contributed by atoms with Gasteiger partial charge in [-0.25, -0.2) is 4.79 Å². The van der Waals surface area contributed by atoms with Crippen LogP contribution in [0.3, 0.4) is 0 Å². The van der Waals surface area contributed by atoms with Crippen molar-refractivity contribution in [3.05, 3.63) is 35.4 Å². The zero-order chi connectivity index (χ0) is 18.5. The molecule has 2 saturated carbocycles. The minimum absolute atomic E-state index is 0.0102. The van der Waals surface area contributed by atoms with E-state index in [4.69, 9.17) is 0 Å². The summed E-state index contributed by atoms with van der Waals surface area (Å²) in [6.07, 6.45) is 4.71. The number of carbonyl (C=O) groups is 3. The van der Waals surface area contributed by atoms with Crippen molar-refractivity contribution in [2.45, 2.75) is 50.7 Å². The number of hydrogen-bond donors (Lipinski definition) is 3. The summed E-state index contributed by atoms with van der Waals surface area (Å²) in [5, 5.41) is 7.65. The van der Waals surface area contributed by atoms with Gasteiger partial charge in [0.15, 0.2) is 0 Å². The van der Waals surface area contributed by atoms with Crippen molar-refractivity contribution in [1.29, 1.82) is 0 Å². The van der Waals surface area contributed by atoms with Gasteiger partial charge in [0, 0.05) is 44.2 Å². The van der Waals surface area contributed by atoms with Crippen molar-refractivity contribution in [3.8, 4) is 0 Å². The lowest BCUT2D eigenvalue weighted by molar-refractivity contribution is -0.120. The maximum atomic E-state index is 12.0. The van der Waals surface area contributed by atoms with E-state index in [1.54, 1.807) is 0 Å². The zero-order valence-corrected chi connectivity index (χ0v) is 15.1. The minimum atomic E-state index is -0.479. The highest BCUT2D eigenvalue weighted by Crippen LogP contribution is 2.28. The third-order valence-electron chi connectivity index (χ3n) is 4.68. The summed E-state index contributed by atoms with van der Waals surface area (Å²) in [6, 6.07) is 8.04. The zero-order valence-electron chi connectivity index (χ0n) is 15.1. The van der Waals surface area contributed by atoms with E-state index in [1.165, 1.54) is 7.05 Å². The van der Waals surface area contributed by atoms with E-state index < -0.39 is 6.03 Å². The highest BCUT2D eigenvalue weighted by atomic mass is 16.2. The number of nitrogens with zero attached hydrogens (tertiary/aromatic N) is 1. The first-order chi connectivity index (χ1) is 12.5. The summed E-state index contributed by atoms with van der Waals surface area (Å²) in [6.45, 7) is 1.35. The van der Waals surface area contributed by atoms with Crippen LogP contribution < -0.4 is 16.0 Å². The number of benzene rings is 1. The van der Waals surface area contributed by atoms with Gasteiger partial charge in [0.1, 0.15) is 0 Å². The number of carbonyl (C=O) groups excluding carboxylic acids is 3. The first-order valence-electron chi connectivity index (χ1n) is 9.20. The molecule has 2 fully saturated rings. The summed E-state index contributed by atoms with van der Waals surface area (Å²) in [5.41, 5.74) is 1.80. The summed E-state index contributed by atoms with van der Waals surface area (Å²) < 4.78 is 0. The Hall–Kier alpha value is -2.41. The van der Waals surface area contributed by atoms with Crippen LogP contribution in [0.1, 0.15) is 48.0 Å². The van der Waals surface area contributed by atoms with E-state index in [0.29, 0.717) is 24.2 Å². The van der Waals surface area contributed by atoms with Gasteiger partial charge in [0.2, 0.25) is 5.91 Å². The fourth-order valence-electron chi connectivity index (χ4n) is 2.82. The molecule has 140 valence electrons. The highest BCUT2D eigenvalue weighted by Gasteiger charge is 2.29. The standard InChI is InChI=1S/C19H26N4O3/c1-20-19(26)22-17(24)10-11-23(16-8-9-16)12-13-2-4-14(5-3-13)18(25)21-15-6-7-15/h2-5,15-16H,6-12H2,1H3,(H,21,25)(H2,20,22,24,26). The lowest BCUT2D eigenvalue weighted by atomic mass is 10.1. The van der Waals surface area contributed by atoms with Crippen molar-refractivity contribution >= 4 is 17.8 Å². The smallest absolute Gasteiger partial charge is 0.321 e. The van der Waals surface area contributed by atoms with Gasteiger partial charge in [0.05, 0.1) is 0 Å². The number of rotatable bonds is 8. The van der Waals surface area contributed by atoms with E-state index in [2.05, 4.69) is 20.9 Å². The number of imide groups is 1. The minimum Gasteiger partial charge on any atom is -0.349 e. The van der Waals surface area contributed by atoms with Gasteiger partial charge in [-0.3, -0.25) is 19.8 Å². The Bertz CT molecular complexity index is 666. The van der Waals surface area contributed by atoms with Crippen molar-refractivity contribution in [2.24, 2.45) is 0 Å². The third kappa shape index (κ3) is 5.56. The van der Waals surface area contributed by atoms with Crippen LogP contribution in [0, 0.1) is 0 Å². The second-order valence-electron chi connectivity index (χ2n) is 7.02. The Balaban J connectivity index is 1.50. The third-order valence-corrected chi connectivity index (χ3v) is 4.68. The van der Waals surface area contributed by atoms with Crippen LogP contribution >= 0.6 is 0 Å². The monoisotopic (exact) mass is 358 g/mol. The average molecular weight is 358 g/mol. The van der Waals surface area contributed by atoms with Gasteiger partial charge in [0.25, 0.3) is 5.91 Å². The number of hydrogen-bond acceptors (Lipinski definition) is 4. The summed E-state index contributed by atoms with van der Waals surface area (Å²) in [7, 11) is 1.48. The van der Waals surface area contributed by atoms with Crippen molar-refractivity contribution in [1.82, 2.24) is 20.9 Å². The highest BCUT2D eigenvalue weighted by molar-refractivity contribution is 5.94. The fraction of sp³-hybridized carbons (Fsp3) is 0.526. The molecule has 4 amide bonds. The topological polar surface area (TPSA) is 90.5 Å². The first kappa shape index (κ1) is 18.4. The summed E-state index contributed by atoms with van der Waals surface area (Å²) >= 11 is 0. The summed E-state index contributed by atoms with van der Waals surface area (Å²) in [4.78, 5) is 37.3.